The molecule has 0 aliphatic carbocycles. The number of hydrogen-bond donors (Lipinski definition) is 3. The van der Waals surface area contributed by atoms with E-state index in [0.29, 0.717) is 22.8 Å². The highest BCUT2D eigenvalue weighted by Crippen LogP contribution is 2.02. The summed E-state index contributed by atoms with van der Waals surface area (Å²) in [7, 11) is 0. The molecule has 1 aromatic heterocycles. The molecule has 1 rings (SSSR count). The number of rotatable bonds is 4. The van der Waals surface area contributed by atoms with Gasteiger partial charge in [-0.15, -0.1) is 0 Å². The van der Waals surface area contributed by atoms with Crippen LogP contribution < -0.4 is 16.6 Å². The van der Waals surface area contributed by atoms with E-state index in [9.17, 15) is 9.59 Å². The quantitative estimate of drug-likeness (QED) is 0.542. The molecule has 4 N–H and O–H groups in total. The third kappa shape index (κ3) is 4.84. The predicted molar refractivity (Wildman–Crippen MR) is 75.2 cm³/mol. The minimum absolute atomic E-state index is 0.260. The van der Waals surface area contributed by atoms with Crippen LogP contribution in [-0.2, 0) is 4.79 Å². The van der Waals surface area contributed by atoms with Gasteiger partial charge in [0.15, 0.2) is 0 Å². The Morgan fingerprint density at radius 1 is 1.05 bits per heavy atom. The molecular formula is C12H16N6O2. The first-order chi connectivity index (χ1) is 9.40. The minimum atomic E-state index is -0.746. The van der Waals surface area contributed by atoms with Gasteiger partial charge in [0.1, 0.15) is 0 Å². The van der Waals surface area contributed by atoms with E-state index in [2.05, 4.69) is 26.0 Å². The van der Waals surface area contributed by atoms with Crippen LogP contribution >= 0.6 is 0 Å². The Morgan fingerprint density at radius 2 is 1.55 bits per heavy atom. The summed E-state index contributed by atoms with van der Waals surface area (Å²) in [5.74, 6) is -0.260. The number of amides is 3. The van der Waals surface area contributed by atoms with E-state index in [1.807, 2.05) is 0 Å². The summed E-state index contributed by atoms with van der Waals surface area (Å²) < 4.78 is 0. The van der Waals surface area contributed by atoms with Crippen LogP contribution in [-0.4, -0.2) is 28.3 Å². The van der Waals surface area contributed by atoms with Crippen LogP contribution in [0, 0.1) is 0 Å². The average Bonchev–Trinajstić information content (AvgIpc) is 2.42. The minimum Gasteiger partial charge on any atom is -0.350 e. The van der Waals surface area contributed by atoms with E-state index in [4.69, 9.17) is 5.73 Å². The molecule has 0 aliphatic rings. The molecule has 0 saturated heterocycles. The van der Waals surface area contributed by atoms with Crippen LogP contribution in [0.2, 0.25) is 0 Å². The summed E-state index contributed by atoms with van der Waals surface area (Å²) in [5.41, 5.74) is 11.6. The van der Waals surface area contributed by atoms with Gasteiger partial charge in [-0.2, -0.15) is 10.2 Å². The van der Waals surface area contributed by atoms with Crippen molar-refractivity contribution < 1.29 is 9.59 Å². The molecule has 0 bridgehead atoms. The normalized spacial score (nSPS) is 11.9. The summed E-state index contributed by atoms with van der Waals surface area (Å²) in [6, 6.07) is 4.51. The number of nitrogens with two attached hydrogens (primary N) is 1. The first-order valence-corrected chi connectivity index (χ1v) is 5.78. The lowest BCUT2D eigenvalue weighted by Crippen LogP contribution is -2.25. The Bertz CT molecular complexity index is 532. The Kier molecular flexibility index (Phi) is 5.33. The number of hydrogen-bond acceptors (Lipinski definition) is 5. The van der Waals surface area contributed by atoms with Crippen molar-refractivity contribution >= 4 is 23.4 Å². The van der Waals surface area contributed by atoms with Crippen molar-refractivity contribution in [2.24, 2.45) is 15.9 Å². The van der Waals surface area contributed by atoms with Crippen molar-refractivity contribution in [3.8, 4) is 0 Å². The Balaban J connectivity index is 2.95. The van der Waals surface area contributed by atoms with Crippen LogP contribution in [0.4, 0.5) is 4.79 Å². The molecule has 0 aromatic carbocycles. The maximum atomic E-state index is 10.8. The number of carbonyl (C=O) groups is 2. The summed E-state index contributed by atoms with van der Waals surface area (Å²) in [6.45, 7) is 4.77. The molecule has 0 saturated carbocycles. The maximum Gasteiger partial charge on any atom is 0.332 e. The number of carbonyl (C=O) groups excluding carboxylic acids is 2. The van der Waals surface area contributed by atoms with E-state index in [-0.39, 0.29) is 5.91 Å². The van der Waals surface area contributed by atoms with Gasteiger partial charge in [0.25, 0.3) is 0 Å². The fraction of sp³-hybridized carbons (Fsp3) is 0.250. The van der Waals surface area contributed by atoms with Gasteiger partial charge in [-0.3, -0.25) is 4.79 Å². The topological polar surface area (TPSA) is 122 Å². The first-order valence-electron chi connectivity index (χ1n) is 5.78. The molecule has 3 amide bonds. The van der Waals surface area contributed by atoms with Crippen molar-refractivity contribution in [3.05, 3.63) is 29.6 Å². The van der Waals surface area contributed by atoms with E-state index in [1.165, 1.54) is 6.92 Å². The van der Waals surface area contributed by atoms with Gasteiger partial charge in [0, 0.05) is 6.92 Å². The molecule has 1 heterocycles. The van der Waals surface area contributed by atoms with Gasteiger partial charge < -0.3 is 5.73 Å². The molecule has 8 nitrogen and oxygen atoms in total. The number of nitrogens with one attached hydrogen (secondary N) is 2. The smallest absolute Gasteiger partial charge is 0.332 e. The predicted octanol–water partition coefficient (Wildman–Crippen LogP) is 0.334. The second kappa shape index (κ2) is 6.98. The molecule has 0 radical (unpaired) electrons. The van der Waals surface area contributed by atoms with Crippen LogP contribution in [0.25, 0.3) is 0 Å². The van der Waals surface area contributed by atoms with Crippen molar-refractivity contribution in [1.82, 2.24) is 15.8 Å². The third-order valence-corrected chi connectivity index (χ3v) is 2.21. The van der Waals surface area contributed by atoms with Gasteiger partial charge in [-0.1, -0.05) is 6.07 Å². The summed E-state index contributed by atoms with van der Waals surface area (Å²) in [4.78, 5) is 25.7. The molecule has 0 unspecified atom stereocenters. The molecule has 106 valence electrons. The molecule has 0 aliphatic heterocycles. The van der Waals surface area contributed by atoms with Gasteiger partial charge in [-0.05, 0) is 26.0 Å². The molecule has 0 fully saturated rings. The first kappa shape index (κ1) is 15.3. The average molecular weight is 276 g/mol. The molecule has 1 aromatic rings. The summed E-state index contributed by atoms with van der Waals surface area (Å²) >= 11 is 0. The molecule has 8 heteroatoms. The summed E-state index contributed by atoms with van der Waals surface area (Å²) in [6.07, 6.45) is 0. The van der Waals surface area contributed by atoms with Gasteiger partial charge in [-0.25, -0.2) is 20.6 Å². The lowest BCUT2D eigenvalue weighted by atomic mass is 10.2. The van der Waals surface area contributed by atoms with Crippen LogP contribution in [0.3, 0.4) is 0 Å². The Hall–Kier alpha value is -2.77. The number of urea groups is 1. The van der Waals surface area contributed by atoms with Crippen LogP contribution in [0.5, 0.6) is 0 Å². The highest BCUT2D eigenvalue weighted by molar-refractivity contribution is 6.01. The van der Waals surface area contributed by atoms with Crippen molar-refractivity contribution in [3.63, 3.8) is 0 Å². The van der Waals surface area contributed by atoms with E-state index < -0.39 is 6.03 Å². The second-order valence-corrected chi connectivity index (χ2v) is 3.95. The van der Waals surface area contributed by atoms with Crippen LogP contribution in [0.15, 0.2) is 28.4 Å². The maximum absolute atomic E-state index is 10.8. The second-order valence-electron chi connectivity index (χ2n) is 3.95. The molecular weight excluding hydrogens is 260 g/mol. The van der Waals surface area contributed by atoms with E-state index in [0.717, 1.165) is 0 Å². The third-order valence-electron chi connectivity index (χ3n) is 2.21. The fourth-order valence-electron chi connectivity index (χ4n) is 1.25. The highest BCUT2D eigenvalue weighted by atomic mass is 16.2. The van der Waals surface area contributed by atoms with E-state index >= 15 is 0 Å². The lowest BCUT2D eigenvalue weighted by Gasteiger charge is -2.04. The van der Waals surface area contributed by atoms with Crippen molar-refractivity contribution in [1.29, 1.82) is 0 Å². The monoisotopic (exact) mass is 276 g/mol. The highest BCUT2D eigenvalue weighted by Gasteiger charge is 2.04. The van der Waals surface area contributed by atoms with Gasteiger partial charge in [0.05, 0.1) is 22.8 Å². The lowest BCUT2D eigenvalue weighted by molar-refractivity contribution is -0.118. The molecule has 20 heavy (non-hydrogen) atoms. The SMILES string of the molecule is CC(=O)N/N=C(\C)c1cccc(/C(C)=N/NC(N)=O)n1. The number of primary amides is 1. The largest absolute Gasteiger partial charge is 0.350 e. The zero-order valence-electron chi connectivity index (χ0n) is 11.5. The van der Waals surface area contributed by atoms with Crippen molar-refractivity contribution in [2.75, 3.05) is 0 Å². The van der Waals surface area contributed by atoms with Gasteiger partial charge >= 0.3 is 6.03 Å². The van der Waals surface area contributed by atoms with Crippen molar-refractivity contribution in [2.45, 2.75) is 20.8 Å². The number of nitrogens with zero attached hydrogens (tertiary/aromatic N) is 3. The molecule has 0 spiro atoms. The van der Waals surface area contributed by atoms with Crippen LogP contribution in [0.1, 0.15) is 32.2 Å². The Morgan fingerprint density at radius 3 is 2.00 bits per heavy atom. The zero-order chi connectivity index (χ0) is 15.1. The standard InChI is InChI=1S/C12H16N6O2/c1-7(15-17-9(3)19)10-5-4-6-11(14-10)8(2)16-18-12(13)20/h4-6H,1-3H3,(H,17,19)(H3,13,18,20)/b15-7+,16-8+. The summed E-state index contributed by atoms with van der Waals surface area (Å²) in [5, 5.41) is 7.68. The Labute approximate surface area is 116 Å². The fourth-order valence-corrected chi connectivity index (χ4v) is 1.25. The number of hydrazone groups is 2. The van der Waals surface area contributed by atoms with E-state index in [1.54, 1.807) is 32.0 Å². The zero-order valence-corrected chi connectivity index (χ0v) is 11.5. The van der Waals surface area contributed by atoms with Gasteiger partial charge in [0.2, 0.25) is 5.91 Å². The molecule has 0 atom stereocenters. The number of aromatic nitrogens is 1. The number of pyridine rings is 1.